The van der Waals surface area contributed by atoms with E-state index >= 15 is 0 Å². The van der Waals surface area contributed by atoms with Crippen LogP contribution >= 0.6 is 0 Å². The molecule has 0 aromatic heterocycles. The van der Waals surface area contributed by atoms with Crippen LogP contribution in [0.5, 0.6) is 5.75 Å². The number of aliphatic hydroxyl groups excluding tert-OH is 1. The standard InChI is InChI=1S/C16H26N2O3/c1-11(2)13-6-8-14(9-7-13)21-12(3)17-15(20)18-16(4,5)10-19/h6-9,11-12,19H,10H2,1-5H3,(H2,17,18,20). The molecule has 1 unspecified atom stereocenters. The predicted molar refractivity (Wildman–Crippen MR) is 83.5 cm³/mol. The van der Waals surface area contributed by atoms with Gasteiger partial charge in [0.2, 0.25) is 0 Å². The van der Waals surface area contributed by atoms with Crippen molar-refractivity contribution in [2.45, 2.75) is 52.3 Å². The van der Waals surface area contributed by atoms with E-state index in [0.717, 1.165) is 0 Å². The topological polar surface area (TPSA) is 70.6 Å². The van der Waals surface area contributed by atoms with Gasteiger partial charge in [-0.1, -0.05) is 26.0 Å². The van der Waals surface area contributed by atoms with Gasteiger partial charge in [-0.3, -0.25) is 0 Å². The maximum atomic E-state index is 11.7. The molecule has 0 heterocycles. The molecule has 1 rings (SSSR count). The average molecular weight is 294 g/mol. The largest absolute Gasteiger partial charge is 0.471 e. The number of rotatable bonds is 6. The molecule has 0 fully saturated rings. The van der Waals surface area contributed by atoms with Crippen molar-refractivity contribution in [1.29, 1.82) is 0 Å². The van der Waals surface area contributed by atoms with E-state index in [9.17, 15) is 4.79 Å². The van der Waals surface area contributed by atoms with Gasteiger partial charge in [-0.2, -0.15) is 0 Å². The molecule has 5 nitrogen and oxygen atoms in total. The quantitative estimate of drug-likeness (QED) is 0.706. The van der Waals surface area contributed by atoms with E-state index in [4.69, 9.17) is 9.84 Å². The van der Waals surface area contributed by atoms with Crippen LogP contribution in [0.1, 0.15) is 46.1 Å². The lowest BCUT2D eigenvalue weighted by molar-refractivity contribution is 0.157. The summed E-state index contributed by atoms with van der Waals surface area (Å²) in [5.41, 5.74) is 0.577. The number of nitrogens with one attached hydrogen (secondary N) is 2. The number of carbonyl (C=O) groups excluding carboxylic acids is 1. The normalized spacial score (nSPS) is 12.9. The van der Waals surface area contributed by atoms with Crippen LogP contribution in [0.2, 0.25) is 0 Å². The minimum Gasteiger partial charge on any atom is -0.471 e. The summed E-state index contributed by atoms with van der Waals surface area (Å²) in [5.74, 6) is 1.18. The first kappa shape index (κ1) is 17.3. The molecule has 0 bridgehead atoms. The molecule has 3 N–H and O–H groups in total. The van der Waals surface area contributed by atoms with E-state index in [0.29, 0.717) is 11.7 Å². The second-order valence-corrected chi connectivity index (χ2v) is 6.12. The molecular formula is C16H26N2O3. The van der Waals surface area contributed by atoms with Crippen LogP contribution < -0.4 is 15.4 Å². The van der Waals surface area contributed by atoms with E-state index in [1.54, 1.807) is 20.8 Å². The van der Waals surface area contributed by atoms with Crippen molar-refractivity contribution in [2.75, 3.05) is 6.61 Å². The lowest BCUT2D eigenvalue weighted by atomic mass is 10.0. The summed E-state index contributed by atoms with van der Waals surface area (Å²) < 4.78 is 5.63. The molecule has 21 heavy (non-hydrogen) atoms. The van der Waals surface area contributed by atoms with Crippen molar-refractivity contribution in [3.8, 4) is 5.75 Å². The van der Waals surface area contributed by atoms with Crippen molar-refractivity contribution in [3.63, 3.8) is 0 Å². The van der Waals surface area contributed by atoms with E-state index in [-0.39, 0.29) is 12.6 Å². The van der Waals surface area contributed by atoms with Crippen LogP contribution in [0, 0.1) is 0 Å². The summed E-state index contributed by atoms with van der Waals surface area (Å²) in [7, 11) is 0. The summed E-state index contributed by atoms with van der Waals surface area (Å²) >= 11 is 0. The van der Waals surface area contributed by atoms with Gasteiger partial charge in [0.05, 0.1) is 12.1 Å². The Balaban J connectivity index is 2.50. The van der Waals surface area contributed by atoms with Gasteiger partial charge in [0.25, 0.3) is 0 Å². The SMILES string of the molecule is CC(NC(=O)NC(C)(C)CO)Oc1ccc(C(C)C)cc1. The van der Waals surface area contributed by atoms with Gasteiger partial charge in [0, 0.05) is 0 Å². The van der Waals surface area contributed by atoms with Gasteiger partial charge in [-0.15, -0.1) is 0 Å². The molecule has 2 amide bonds. The Bertz CT molecular complexity index is 455. The van der Waals surface area contributed by atoms with Crippen molar-refractivity contribution >= 4 is 6.03 Å². The summed E-state index contributed by atoms with van der Waals surface area (Å²) in [4.78, 5) is 11.7. The van der Waals surface area contributed by atoms with Gasteiger partial charge in [-0.25, -0.2) is 4.79 Å². The molecule has 0 aliphatic rings. The highest BCUT2D eigenvalue weighted by molar-refractivity contribution is 5.74. The highest BCUT2D eigenvalue weighted by Gasteiger charge is 2.20. The lowest BCUT2D eigenvalue weighted by Crippen LogP contribution is -2.53. The second-order valence-electron chi connectivity index (χ2n) is 6.12. The maximum Gasteiger partial charge on any atom is 0.318 e. The van der Waals surface area contributed by atoms with Crippen molar-refractivity contribution in [1.82, 2.24) is 10.6 Å². The van der Waals surface area contributed by atoms with Crippen LogP contribution in [0.15, 0.2) is 24.3 Å². The van der Waals surface area contributed by atoms with Crippen molar-refractivity contribution < 1.29 is 14.6 Å². The number of hydrogen-bond acceptors (Lipinski definition) is 3. The van der Waals surface area contributed by atoms with Crippen LogP contribution in [-0.2, 0) is 0 Å². The van der Waals surface area contributed by atoms with E-state index in [1.165, 1.54) is 5.56 Å². The number of amides is 2. The molecule has 0 saturated carbocycles. The molecule has 1 aromatic carbocycles. The minimum absolute atomic E-state index is 0.133. The third-order valence-electron chi connectivity index (χ3n) is 3.04. The summed E-state index contributed by atoms with van der Waals surface area (Å²) in [5, 5.41) is 14.4. The zero-order valence-corrected chi connectivity index (χ0v) is 13.4. The summed E-state index contributed by atoms with van der Waals surface area (Å²) in [6.07, 6.45) is -0.468. The average Bonchev–Trinajstić information content (AvgIpc) is 2.38. The molecular weight excluding hydrogens is 268 g/mol. The Morgan fingerprint density at radius 3 is 2.29 bits per heavy atom. The van der Waals surface area contributed by atoms with Crippen LogP contribution in [0.3, 0.4) is 0 Å². The highest BCUT2D eigenvalue weighted by atomic mass is 16.5. The van der Waals surface area contributed by atoms with Gasteiger partial charge < -0.3 is 20.5 Å². The Morgan fingerprint density at radius 2 is 1.81 bits per heavy atom. The van der Waals surface area contributed by atoms with Gasteiger partial charge >= 0.3 is 6.03 Å². The smallest absolute Gasteiger partial charge is 0.318 e. The molecule has 0 saturated heterocycles. The van der Waals surface area contributed by atoms with Crippen LogP contribution in [-0.4, -0.2) is 29.5 Å². The third kappa shape index (κ3) is 6.04. The summed E-state index contributed by atoms with van der Waals surface area (Å²) in [6.45, 7) is 9.36. The number of hydrogen-bond donors (Lipinski definition) is 3. The fourth-order valence-electron chi connectivity index (χ4n) is 1.73. The monoisotopic (exact) mass is 294 g/mol. The molecule has 0 spiro atoms. The van der Waals surface area contributed by atoms with E-state index in [2.05, 4.69) is 24.5 Å². The van der Waals surface area contributed by atoms with Gasteiger partial charge in [0.1, 0.15) is 5.75 Å². The molecule has 1 aromatic rings. The molecule has 5 heteroatoms. The Kier molecular flexibility index (Phi) is 6.03. The molecule has 0 radical (unpaired) electrons. The van der Waals surface area contributed by atoms with Crippen molar-refractivity contribution in [2.24, 2.45) is 0 Å². The maximum absolute atomic E-state index is 11.7. The number of urea groups is 1. The first-order valence-corrected chi connectivity index (χ1v) is 7.19. The van der Waals surface area contributed by atoms with Crippen molar-refractivity contribution in [3.05, 3.63) is 29.8 Å². The van der Waals surface area contributed by atoms with E-state index in [1.807, 2.05) is 24.3 Å². The second kappa shape index (κ2) is 7.31. The zero-order chi connectivity index (χ0) is 16.0. The number of benzene rings is 1. The molecule has 0 aliphatic heterocycles. The third-order valence-corrected chi connectivity index (χ3v) is 3.04. The summed E-state index contributed by atoms with van der Waals surface area (Å²) in [6, 6.07) is 7.44. The Morgan fingerprint density at radius 1 is 1.24 bits per heavy atom. The minimum atomic E-state index is -0.664. The predicted octanol–water partition coefficient (Wildman–Crippen LogP) is 2.60. The molecule has 1 atom stereocenters. The van der Waals surface area contributed by atoms with Gasteiger partial charge in [-0.05, 0) is 44.4 Å². The first-order chi connectivity index (χ1) is 9.73. The van der Waals surface area contributed by atoms with Crippen LogP contribution in [0.4, 0.5) is 4.79 Å². The van der Waals surface area contributed by atoms with Gasteiger partial charge in [0.15, 0.2) is 6.23 Å². The number of aliphatic hydroxyl groups is 1. The Labute approximate surface area is 126 Å². The fraction of sp³-hybridized carbons (Fsp3) is 0.562. The molecule has 0 aliphatic carbocycles. The number of ether oxygens (including phenoxy) is 1. The highest BCUT2D eigenvalue weighted by Crippen LogP contribution is 2.19. The van der Waals surface area contributed by atoms with E-state index < -0.39 is 11.8 Å². The molecule has 118 valence electrons. The zero-order valence-electron chi connectivity index (χ0n) is 13.4. The Hall–Kier alpha value is -1.75. The van der Waals surface area contributed by atoms with Crippen LogP contribution in [0.25, 0.3) is 0 Å². The first-order valence-electron chi connectivity index (χ1n) is 7.19. The fourth-order valence-corrected chi connectivity index (χ4v) is 1.73. The lowest BCUT2D eigenvalue weighted by Gasteiger charge is -2.25. The number of carbonyl (C=O) groups is 1.